The first-order valence-electron chi connectivity index (χ1n) is 5.31. The van der Waals surface area contributed by atoms with Crippen LogP contribution in [0.25, 0.3) is 6.08 Å². The summed E-state index contributed by atoms with van der Waals surface area (Å²) in [4.78, 5) is 13.7. The molecule has 0 radical (unpaired) electrons. The fourth-order valence-electron chi connectivity index (χ4n) is 1.42. The maximum Gasteiger partial charge on any atom is 0.195 e. The fraction of sp³-hybridized carbons (Fsp3) is 0.0714. The number of carbonyl (C=O) groups is 1. The van der Waals surface area contributed by atoms with E-state index in [-0.39, 0.29) is 5.78 Å². The number of rotatable bonds is 4. The van der Waals surface area contributed by atoms with Crippen LogP contribution in [0.15, 0.2) is 47.4 Å². The fourth-order valence-corrected chi connectivity index (χ4v) is 2.79. The van der Waals surface area contributed by atoms with Crippen LogP contribution in [-0.4, -0.2) is 12.0 Å². The lowest BCUT2D eigenvalue weighted by Crippen LogP contribution is -1.88. The highest BCUT2D eigenvalue weighted by Crippen LogP contribution is 2.22. The van der Waals surface area contributed by atoms with Crippen LogP contribution in [0.2, 0.25) is 4.34 Å². The van der Waals surface area contributed by atoms with E-state index in [1.54, 1.807) is 30.0 Å². The van der Waals surface area contributed by atoms with Gasteiger partial charge in [0.2, 0.25) is 0 Å². The third-order valence-electron chi connectivity index (χ3n) is 2.36. The van der Waals surface area contributed by atoms with Gasteiger partial charge in [0.1, 0.15) is 0 Å². The van der Waals surface area contributed by atoms with Gasteiger partial charge in [-0.25, -0.2) is 0 Å². The summed E-state index contributed by atoms with van der Waals surface area (Å²) in [6.07, 6.45) is 5.44. The molecule has 0 unspecified atom stereocenters. The summed E-state index contributed by atoms with van der Waals surface area (Å²) in [5.74, 6) is -0.0131. The monoisotopic (exact) mass is 294 g/mol. The van der Waals surface area contributed by atoms with Gasteiger partial charge in [-0.3, -0.25) is 4.79 Å². The lowest BCUT2D eigenvalue weighted by atomic mass is 10.2. The first kappa shape index (κ1) is 13.4. The van der Waals surface area contributed by atoms with Crippen molar-refractivity contribution in [1.29, 1.82) is 0 Å². The Balaban J connectivity index is 2.08. The van der Waals surface area contributed by atoms with E-state index >= 15 is 0 Å². The van der Waals surface area contributed by atoms with Crippen molar-refractivity contribution in [2.45, 2.75) is 4.90 Å². The molecule has 0 fully saturated rings. The van der Waals surface area contributed by atoms with Gasteiger partial charge in [0.15, 0.2) is 5.78 Å². The van der Waals surface area contributed by atoms with Crippen molar-refractivity contribution in [2.75, 3.05) is 6.26 Å². The molecule has 1 nitrogen and oxygen atoms in total. The highest BCUT2D eigenvalue weighted by atomic mass is 35.5. The normalized spacial score (nSPS) is 11.0. The molecule has 1 aromatic carbocycles. The minimum Gasteiger partial charge on any atom is -0.288 e. The van der Waals surface area contributed by atoms with E-state index in [4.69, 9.17) is 11.6 Å². The maximum absolute atomic E-state index is 11.8. The predicted octanol–water partition coefficient (Wildman–Crippen LogP) is 5.02. The Labute approximate surface area is 119 Å². The Hall–Kier alpha value is -1.03. The summed E-state index contributed by atoms with van der Waals surface area (Å²) in [7, 11) is 0. The molecule has 0 aliphatic rings. The molecule has 18 heavy (non-hydrogen) atoms. The Morgan fingerprint density at radius 3 is 2.50 bits per heavy atom. The summed E-state index contributed by atoms with van der Waals surface area (Å²) in [6.45, 7) is 0. The van der Waals surface area contributed by atoms with Crippen molar-refractivity contribution in [1.82, 2.24) is 0 Å². The van der Waals surface area contributed by atoms with Crippen molar-refractivity contribution in [3.63, 3.8) is 0 Å². The zero-order valence-electron chi connectivity index (χ0n) is 9.72. The minimum atomic E-state index is -0.0131. The molecule has 2 rings (SSSR count). The van der Waals surface area contributed by atoms with Crippen molar-refractivity contribution < 1.29 is 4.79 Å². The molecule has 0 N–H and O–H groups in total. The van der Waals surface area contributed by atoms with E-state index in [0.29, 0.717) is 9.21 Å². The molecule has 0 saturated heterocycles. The van der Waals surface area contributed by atoms with Crippen LogP contribution in [0.1, 0.15) is 15.2 Å². The third kappa shape index (κ3) is 3.48. The SMILES string of the molecule is CSc1ccc(/C=C/C(=O)c2ccc(Cl)s2)cc1. The first-order chi connectivity index (χ1) is 8.69. The maximum atomic E-state index is 11.8. The summed E-state index contributed by atoms with van der Waals surface area (Å²) in [6, 6.07) is 11.6. The molecular formula is C14H11ClOS2. The molecule has 0 aliphatic heterocycles. The van der Waals surface area contributed by atoms with E-state index in [9.17, 15) is 4.79 Å². The summed E-state index contributed by atoms with van der Waals surface area (Å²) < 4.78 is 0.635. The Morgan fingerprint density at radius 1 is 1.22 bits per heavy atom. The van der Waals surface area contributed by atoms with Crippen LogP contribution in [0.4, 0.5) is 0 Å². The molecule has 1 aromatic heterocycles. The highest BCUT2D eigenvalue weighted by Gasteiger charge is 2.04. The number of allylic oxidation sites excluding steroid dienone is 1. The average molecular weight is 295 g/mol. The summed E-state index contributed by atoms with van der Waals surface area (Å²) >= 11 is 8.79. The van der Waals surface area contributed by atoms with E-state index in [2.05, 4.69) is 0 Å². The van der Waals surface area contributed by atoms with E-state index < -0.39 is 0 Å². The standard InChI is InChI=1S/C14H11ClOS2/c1-17-11-5-2-10(3-6-11)4-7-12(16)13-8-9-14(15)18-13/h2-9H,1H3/b7-4+. The number of hydrogen-bond acceptors (Lipinski definition) is 3. The van der Waals surface area contributed by atoms with Gasteiger partial charge in [-0.05, 0) is 42.2 Å². The molecule has 2 aromatic rings. The van der Waals surface area contributed by atoms with Gasteiger partial charge >= 0.3 is 0 Å². The topological polar surface area (TPSA) is 17.1 Å². The van der Waals surface area contributed by atoms with Crippen molar-refractivity contribution in [2.24, 2.45) is 0 Å². The number of hydrogen-bond donors (Lipinski definition) is 0. The number of halogens is 1. The van der Waals surface area contributed by atoms with E-state index in [0.717, 1.165) is 5.56 Å². The Kier molecular flexibility index (Phi) is 4.64. The number of ketones is 1. The van der Waals surface area contributed by atoms with Gasteiger partial charge in [-0.15, -0.1) is 23.1 Å². The minimum absolute atomic E-state index is 0.0131. The molecule has 0 amide bonds. The van der Waals surface area contributed by atoms with Crippen LogP contribution in [0.5, 0.6) is 0 Å². The number of thiophene rings is 1. The number of thioether (sulfide) groups is 1. The summed E-state index contributed by atoms with van der Waals surface area (Å²) in [5, 5.41) is 0. The second kappa shape index (κ2) is 6.23. The molecule has 92 valence electrons. The highest BCUT2D eigenvalue weighted by molar-refractivity contribution is 7.98. The molecule has 4 heteroatoms. The number of carbonyl (C=O) groups excluding carboxylic acids is 1. The lowest BCUT2D eigenvalue weighted by Gasteiger charge is -1.96. The summed E-state index contributed by atoms with van der Waals surface area (Å²) in [5.41, 5.74) is 1.02. The Morgan fingerprint density at radius 2 is 1.94 bits per heavy atom. The van der Waals surface area contributed by atoms with Crippen molar-refractivity contribution >= 4 is 46.6 Å². The third-order valence-corrected chi connectivity index (χ3v) is 4.35. The Bertz CT molecular complexity index is 570. The van der Waals surface area contributed by atoms with Gasteiger partial charge in [0.25, 0.3) is 0 Å². The molecule has 0 bridgehead atoms. The van der Waals surface area contributed by atoms with Gasteiger partial charge < -0.3 is 0 Å². The first-order valence-corrected chi connectivity index (χ1v) is 7.73. The molecule has 0 saturated carbocycles. The second-order valence-electron chi connectivity index (χ2n) is 3.57. The van der Waals surface area contributed by atoms with Crippen LogP contribution >= 0.6 is 34.7 Å². The van der Waals surface area contributed by atoms with Crippen molar-refractivity contribution in [3.8, 4) is 0 Å². The van der Waals surface area contributed by atoms with Gasteiger partial charge in [0.05, 0.1) is 9.21 Å². The van der Waals surface area contributed by atoms with E-state index in [1.165, 1.54) is 16.2 Å². The van der Waals surface area contributed by atoms with Gasteiger partial charge in [0, 0.05) is 4.90 Å². The number of benzene rings is 1. The molecule has 0 aliphatic carbocycles. The second-order valence-corrected chi connectivity index (χ2v) is 6.17. The zero-order valence-corrected chi connectivity index (χ0v) is 12.1. The zero-order chi connectivity index (χ0) is 13.0. The quantitative estimate of drug-likeness (QED) is 0.447. The molecular weight excluding hydrogens is 284 g/mol. The smallest absolute Gasteiger partial charge is 0.195 e. The van der Waals surface area contributed by atoms with Crippen LogP contribution in [0, 0.1) is 0 Å². The van der Waals surface area contributed by atoms with E-state index in [1.807, 2.05) is 36.6 Å². The van der Waals surface area contributed by atoms with Crippen LogP contribution in [-0.2, 0) is 0 Å². The van der Waals surface area contributed by atoms with Crippen LogP contribution < -0.4 is 0 Å². The predicted molar refractivity (Wildman–Crippen MR) is 80.9 cm³/mol. The van der Waals surface area contributed by atoms with Gasteiger partial charge in [-0.1, -0.05) is 29.8 Å². The van der Waals surface area contributed by atoms with Crippen LogP contribution in [0.3, 0.4) is 0 Å². The molecule has 0 atom stereocenters. The lowest BCUT2D eigenvalue weighted by molar-refractivity contribution is 0.105. The largest absolute Gasteiger partial charge is 0.288 e. The van der Waals surface area contributed by atoms with Crippen molar-refractivity contribution in [3.05, 3.63) is 57.3 Å². The molecule has 1 heterocycles. The average Bonchev–Trinajstić information content (AvgIpc) is 2.83. The molecule has 0 spiro atoms. The van der Waals surface area contributed by atoms with Gasteiger partial charge in [-0.2, -0.15) is 0 Å².